The van der Waals surface area contributed by atoms with Crippen molar-refractivity contribution in [3.05, 3.63) is 23.2 Å². The predicted octanol–water partition coefficient (Wildman–Crippen LogP) is 1.38. The second-order valence-electron chi connectivity index (χ2n) is 4.91. The maximum Gasteiger partial charge on any atom is 0.407 e. The summed E-state index contributed by atoms with van der Waals surface area (Å²) in [6.45, 7) is 5.82. The van der Waals surface area contributed by atoms with Gasteiger partial charge in [-0.15, -0.1) is 0 Å². The molecule has 1 rings (SSSR count). The molecule has 0 unspecified atom stereocenters. The van der Waals surface area contributed by atoms with E-state index in [4.69, 9.17) is 16.3 Å². The Bertz CT molecular complexity index is 471. The Hall–Kier alpha value is -1.89. The Morgan fingerprint density at radius 1 is 1.20 bits per heavy atom. The quantitative estimate of drug-likeness (QED) is 0.820. The lowest BCUT2D eigenvalue weighted by Gasteiger charge is -2.19. The van der Waals surface area contributed by atoms with Crippen LogP contribution in [0.15, 0.2) is 12.4 Å². The molecule has 2 amide bonds. The minimum Gasteiger partial charge on any atom is -0.444 e. The Morgan fingerprint density at radius 2 is 1.85 bits per heavy atom. The maximum atomic E-state index is 11.6. The molecule has 0 spiro atoms. The van der Waals surface area contributed by atoms with Gasteiger partial charge in [-0.05, 0) is 20.8 Å². The number of carbonyl (C=O) groups excluding carboxylic acids is 2. The molecular weight excluding hydrogens is 284 g/mol. The van der Waals surface area contributed by atoms with Gasteiger partial charge in [0.1, 0.15) is 16.4 Å². The van der Waals surface area contributed by atoms with E-state index in [9.17, 15) is 9.59 Å². The highest BCUT2D eigenvalue weighted by Gasteiger charge is 2.15. The smallest absolute Gasteiger partial charge is 0.407 e. The number of amides is 2. The fourth-order valence-corrected chi connectivity index (χ4v) is 1.27. The zero-order chi connectivity index (χ0) is 15.2. The molecule has 0 saturated carbocycles. The van der Waals surface area contributed by atoms with Crippen LogP contribution in [0.25, 0.3) is 0 Å². The van der Waals surface area contributed by atoms with Crippen molar-refractivity contribution in [2.24, 2.45) is 0 Å². The average molecular weight is 301 g/mol. The standard InChI is InChI=1S/C12H17ClN4O3/c1-12(2,3)20-11(19)15-5-4-14-10(18)8-6-17-9(13)7-16-8/h6-7H,4-5H2,1-3H3,(H,14,18)(H,15,19). The summed E-state index contributed by atoms with van der Waals surface area (Å²) in [4.78, 5) is 30.5. The lowest BCUT2D eigenvalue weighted by Crippen LogP contribution is -2.38. The van der Waals surface area contributed by atoms with Crippen LogP contribution in [0.3, 0.4) is 0 Å². The van der Waals surface area contributed by atoms with Gasteiger partial charge >= 0.3 is 6.09 Å². The minimum absolute atomic E-state index is 0.159. The molecule has 0 aliphatic carbocycles. The molecule has 8 heteroatoms. The van der Waals surface area contributed by atoms with Crippen LogP contribution >= 0.6 is 11.6 Å². The van der Waals surface area contributed by atoms with E-state index in [-0.39, 0.29) is 29.8 Å². The summed E-state index contributed by atoms with van der Waals surface area (Å²) in [6.07, 6.45) is 2.03. The van der Waals surface area contributed by atoms with Crippen molar-refractivity contribution in [2.45, 2.75) is 26.4 Å². The van der Waals surface area contributed by atoms with Crippen LogP contribution in [0.1, 0.15) is 31.3 Å². The molecule has 1 aromatic rings. The van der Waals surface area contributed by atoms with Crippen molar-refractivity contribution in [1.82, 2.24) is 20.6 Å². The molecule has 0 aromatic carbocycles. The molecule has 2 N–H and O–H groups in total. The third-order valence-electron chi connectivity index (χ3n) is 1.93. The van der Waals surface area contributed by atoms with E-state index in [0.29, 0.717) is 0 Å². The fraction of sp³-hybridized carbons (Fsp3) is 0.500. The lowest BCUT2D eigenvalue weighted by atomic mass is 10.2. The number of nitrogens with one attached hydrogen (secondary N) is 2. The molecule has 0 aliphatic rings. The summed E-state index contributed by atoms with van der Waals surface area (Å²) in [6, 6.07) is 0. The number of carbonyl (C=O) groups is 2. The summed E-state index contributed by atoms with van der Waals surface area (Å²) in [5, 5.41) is 5.32. The van der Waals surface area contributed by atoms with Crippen LogP contribution in [0.4, 0.5) is 4.79 Å². The number of hydrogen-bond donors (Lipinski definition) is 2. The van der Waals surface area contributed by atoms with Gasteiger partial charge in [0.25, 0.3) is 5.91 Å². The lowest BCUT2D eigenvalue weighted by molar-refractivity contribution is 0.0526. The van der Waals surface area contributed by atoms with Crippen LogP contribution < -0.4 is 10.6 Å². The fourth-order valence-electron chi connectivity index (χ4n) is 1.17. The molecule has 0 radical (unpaired) electrons. The molecule has 0 fully saturated rings. The second kappa shape index (κ2) is 7.04. The number of hydrogen-bond acceptors (Lipinski definition) is 5. The summed E-state index contributed by atoms with van der Waals surface area (Å²) in [7, 11) is 0. The third kappa shape index (κ3) is 6.33. The van der Waals surface area contributed by atoms with E-state index in [1.807, 2.05) is 0 Å². The first kappa shape index (κ1) is 16.2. The Balaban J connectivity index is 2.26. The summed E-state index contributed by atoms with van der Waals surface area (Å²) in [5.74, 6) is -0.389. The first-order valence-corrected chi connectivity index (χ1v) is 6.38. The largest absolute Gasteiger partial charge is 0.444 e. The number of nitrogens with zero attached hydrogens (tertiary/aromatic N) is 2. The molecule has 0 aliphatic heterocycles. The van der Waals surface area contributed by atoms with Crippen LogP contribution in [0.5, 0.6) is 0 Å². The Kier molecular flexibility index (Phi) is 5.69. The first-order chi connectivity index (χ1) is 9.28. The van der Waals surface area contributed by atoms with E-state index in [2.05, 4.69) is 20.6 Å². The average Bonchev–Trinajstić information content (AvgIpc) is 2.33. The molecule has 1 heterocycles. The van der Waals surface area contributed by atoms with Gasteiger partial charge in [0.15, 0.2) is 0 Å². The Morgan fingerprint density at radius 3 is 2.40 bits per heavy atom. The van der Waals surface area contributed by atoms with Crippen molar-refractivity contribution in [3.8, 4) is 0 Å². The second-order valence-corrected chi connectivity index (χ2v) is 5.30. The van der Waals surface area contributed by atoms with Crippen molar-refractivity contribution in [2.75, 3.05) is 13.1 Å². The van der Waals surface area contributed by atoms with Crippen LogP contribution in [-0.2, 0) is 4.74 Å². The van der Waals surface area contributed by atoms with E-state index < -0.39 is 11.7 Å². The first-order valence-electron chi connectivity index (χ1n) is 6.00. The van der Waals surface area contributed by atoms with Crippen molar-refractivity contribution < 1.29 is 14.3 Å². The molecule has 20 heavy (non-hydrogen) atoms. The van der Waals surface area contributed by atoms with Crippen molar-refractivity contribution >= 4 is 23.6 Å². The topological polar surface area (TPSA) is 93.2 Å². The minimum atomic E-state index is -0.549. The molecule has 110 valence electrons. The van der Waals surface area contributed by atoms with Gasteiger partial charge < -0.3 is 15.4 Å². The molecule has 0 bridgehead atoms. The van der Waals surface area contributed by atoms with Crippen LogP contribution in [0.2, 0.25) is 5.15 Å². The van der Waals surface area contributed by atoms with E-state index in [0.717, 1.165) is 0 Å². The summed E-state index contributed by atoms with van der Waals surface area (Å²) in [5.41, 5.74) is -0.390. The number of rotatable bonds is 4. The molecule has 1 aromatic heterocycles. The van der Waals surface area contributed by atoms with E-state index in [1.165, 1.54) is 12.4 Å². The van der Waals surface area contributed by atoms with Crippen molar-refractivity contribution in [3.63, 3.8) is 0 Å². The van der Waals surface area contributed by atoms with Gasteiger partial charge in [-0.25, -0.2) is 14.8 Å². The summed E-state index contributed by atoms with van der Waals surface area (Å²) >= 11 is 5.56. The van der Waals surface area contributed by atoms with Gasteiger partial charge in [-0.1, -0.05) is 11.6 Å². The molecule has 7 nitrogen and oxygen atoms in total. The number of ether oxygens (including phenoxy) is 1. The van der Waals surface area contributed by atoms with Gasteiger partial charge in [0.05, 0.1) is 12.4 Å². The Labute approximate surface area is 122 Å². The highest BCUT2D eigenvalue weighted by Crippen LogP contribution is 2.06. The molecular formula is C12H17ClN4O3. The normalized spacial score (nSPS) is 10.8. The van der Waals surface area contributed by atoms with Crippen molar-refractivity contribution in [1.29, 1.82) is 0 Å². The number of halogens is 1. The number of alkyl carbamates (subject to hydrolysis) is 1. The maximum absolute atomic E-state index is 11.6. The molecule has 0 saturated heterocycles. The SMILES string of the molecule is CC(C)(C)OC(=O)NCCNC(=O)c1cnc(Cl)cn1. The number of aromatic nitrogens is 2. The highest BCUT2D eigenvalue weighted by atomic mass is 35.5. The zero-order valence-corrected chi connectivity index (χ0v) is 12.3. The van der Waals surface area contributed by atoms with Crippen LogP contribution in [-0.4, -0.2) is 40.7 Å². The predicted molar refractivity (Wildman–Crippen MR) is 73.6 cm³/mol. The van der Waals surface area contributed by atoms with Gasteiger partial charge in [-0.3, -0.25) is 4.79 Å². The monoisotopic (exact) mass is 300 g/mol. The van der Waals surface area contributed by atoms with Gasteiger partial charge in [0, 0.05) is 13.1 Å². The van der Waals surface area contributed by atoms with Gasteiger partial charge in [-0.2, -0.15) is 0 Å². The van der Waals surface area contributed by atoms with Crippen LogP contribution in [0, 0.1) is 0 Å². The van der Waals surface area contributed by atoms with E-state index in [1.54, 1.807) is 20.8 Å². The zero-order valence-electron chi connectivity index (χ0n) is 11.6. The highest BCUT2D eigenvalue weighted by molar-refractivity contribution is 6.29. The summed E-state index contributed by atoms with van der Waals surface area (Å²) < 4.78 is 5.04. The molecule has 0 atom stereocenters. The van der Waals surface area contributed by atoms with E-state index >= 15 is 0 Å². The third-order valence-corrected chi connectivity index (χ3v) is 2.13. The van der Waals surface area contributed by atoms with Gasteiger partial charge in [0.2, 0.25) is 0 Å².